The largest absolute Gasteiger partial charge is 0.483 e. The lowest BCUT2D eigenvalue weighted by molar-refractivity contribution is -0.146. The number of anilines is 1. The van der Waals surface area contributed by atoms with E-state index in [9.17, 15) is 19.2 Å². The van der Waals surface area contributed by atoms with Crippen molar-refractivity contribution >= 4 is 58.1 Å². The number of carbonyl (C=O) groups is 4. The van der Waals surface area contributed by atoms with Crippen LogP contribution in [0.3, 0.4) is 0 Å². The third-order valence-corrected chi connectivity index (χ3v) is 5.53. The number of imide groups is 1. The second-order valence-corrected chi connectivity index (χ2v) is 8.39. The molecule has 0 atom stereocenters. The van der Waals surface area contributed by atoms with Crippen LogP contribution in [-0.2, 0) is 19.1 Å². The minimum Gasteiger partial charge on any atom is -0.483 e. The number of thioether (sulfide) groups is 1. The summed E-state index contributed by atoms with van der Waals surface area (Å²) in [6, 6.07) is 12.0. The van der Waals surface area contributed by atoms with Crippen LogP contribution in [0.2, 0.25) is 5.02 Å². The Hall–Kier alpha value is -3.30. The zero-order valence-corrected chi connectivity index (χ0v) is 19.5. The first-order valence-electron chi connectivity index (χ1n) is 9.96. The van der Waals surface area contributed by atoms with Gasteiger partial charge in [-0.15, -0.1) is 0 Å². The van der Waals surface area contributed by atoms with Crippen molar-refractivity contribution in [2.24, 2.45) is 0 Å². The third-order valence-electron chi connectivity index (χ3n) is 4.39. The molecule has 1 aliphatic heterocycles. The first kappa shape index (κ1) is 24.3. The van der Waals surface area contributed by atoms with Crippen molar-refractivity contribution in [2.45, 2.75) is 13.8 Å². The van der Waals surface area contributed by atoms with E-state index in [1.54, 1.807) is 31.2 Å². The molecule has 0 spiro atoms. The third kappa shape index (κ3) is 6.59. The Kier molecular flexibility index (Phi) is 8.13. The van der Waals surface area contributed by atoms with Crippen molar-refractivity contribution in [1.82, 2.24) is 4.90 Å². The Morgan fingerprint density at radius 1 is 1.18 bits per heavy atom. The highest BCUT2D eigenvalue weighted by Crippen LogP contribution is 2.34. The van der Waals surface area contributed by atoms with Gasteiger partial charge >= 0.3 is 5.97 Å². The van der Waals surface area contributed by atoms with E-state index in [4.69, 9.17) is 21.1 Å². The second kappa shape index (κ2) is 11.0. The normalized spacial score (nSPS) is 14.5. The van der Waals surface area contributed by atoms with Gasteiger partial charge in [-0.2, -0.15) is 0 Å². The number of halogens is 1. The Morgan fingerprint density at radius 2 is 1.97 bits per heavy atom. The molecule has 8 nitrogen and oxygen atoms in total. The zero-order chi connectivity index (χ0) is 24.0. The first-order chi connectivity index (χ1) is 15.8. The van der Waals surface area contributed by atoms with Crippen LogP contribution in [0.1, 0.15) is 18.1 Å². The highest BCUT2D eigenvalue weighted by atomic mass is 35.5. The average Bonchev–Trinajstić information content (AvgIpc) is 3.01. The predicted octanol–water partition coefficient (Wildman–Crippen LogP) is 4.27. The molecule has 0 saturated carbocycles. The summed E-state index contributed by atoms with van der Waals surface area (Å²) >= 11 is 6.78. The maximum Gasteiger partial charge on any atom is 0.326 e. The molecular formula is C23H21ClN2O6S. The number of hydrogen-bond donors (Lipinski definition) is 1. The van der Waals surface area contributed by atoms with Crippen molar-refractivity contribution in [1.29, 1.82) is 0 Å². The molecular weight excluding hydrogens is 468 g/mol. The van der Waals surface area contributed by atoms with Crippen LogP contribution < -0.4 is 10.1 Å². The topological polar surface area (TPSA) is 102 Å². The van der Waals surface area contributed by atoms with E-state index in [0.717, 1.165) is 10.5 Å². The number of rotatable bonds is 8. The van der Waals surface area contributed by atoms with Crippen molar-refractivity contribution in [2.75, 3.05) is 25.1 Å². The highest BCUT2D eigenvalue weighted by molar-refractivity contribution is 8.18. The summed E-state index contributed by atoms with van der Waals surface area (Å²) in [7, 11) is 0. The van der Waals surface area contributed by atoms with E-state index in [1.807, 2.05) is 25.1 Å². The van der Waals surface area contributed by atoms with Gasteiger partial charge < -0.3 is 14.8 Å². The second-order valence-electron chi connectivity index (χ2n) is 6.96. The molecule has 172 valence electrons. The average molecular weight is 489 g/mol. The maximum atomic E-state index is 12.6. The van der Waals surface area contributed by atoms with E-state index in [0.29, 0.717) is 33.8 Å². The molecule has 3 rings (SSSR count). The summed E-state index contributed by atoms with van der Waals surface area (Å²) in [6.07, 6.45) is 1.44. The van der Waals surface area contributed by atoms with Crippen LogP contribution in [0.15, 0.2) is 47.4 Å². The minimum atomic E-state index is -0.674. The fraction of sp³-hybridized carbons (Fsp3) is 0.217. The van der Waals surface area contributed by atoms with E-state index in [1.165, 1.54) is 6.08 Å². The van der Waals surface area contributed by atoms with E-state index < -0.39 is 23.7 Å². The summed E-state index contributed by atoms with van der Waals surface area (Å²) in [5, 5.41) is 2.54. The fourth-order valence-corrected chi connectivity index (χ4v) is 3.95. The quantitative estimate of drug-likeness (QED) is 0.437. The Bertz CT molecular complexity index is 1130. The molecule has 1 saturated heterocycles. The van der Waals surface area contributed by atoms with Crippen LogP contribution >= 0.6 is 23.4 Å². The van der Waals surface area contributed by atoms with Gasteiger partial charge in [0.15, 0.2) is 6.61 Å². The molecule has 1 N–H and O–H groups in total. The van der Waals surface area contributed by atoms with Crippen LogP contribution in [0.25, 0.3) is 6.08 Å². The summed E-state index contributed by atoms with van der Waals surface area (Å²) in [4.78, 5) is 49.7. The van der Waals surface area contributed by atoms with Crippen molar-refractivity contribution in [3.8, 4) is 5.75 Å². The van der Waals surface area contributed by atoms with Gasteiger partial charge in [-0.1, -0.05) is 23.7 Å². The van der Waals surface area contributed by atoms with E-state index >= 15 is 0 Å². The number of benzene rings is 2. The first-order valence-corrected chi connectivity index (χ1v) is 11.2. The summed E-state index contributed by atoms with van der Waals surface area (Å²) in [5.74, 6) is -1.36. The molecule has 2 aromatic carbocycles. The van der Waals surface area contributed by atoms with Crippen molar-refractivity contribution in [3.05, 3.63) is 63.5 Å². The molecule has 33 heavy (non-hydrogen) atoms. The maximum absolute atomic E-state index is 12.6. The molecule has 1 fully saturated rings. The van der Waals surface area contributed by atoms with Gasteiger partial charge in [-0.05, 0) is 67.6 Å². The number of esters is 1. The number of aryl methyl sites for hydroxylation is 1. The highest BCUT2D eigenvalue weighted by Gasteiger charge is 2.36. The Balaban J connectivity index is 1.72. The number of amides is 3. The molecule has 0 aliphatic carbocycles. The smallest absolute Gasteiger partial charge is 0.326 e. The monoisotopic (exact) mass is 488 g/mol. The lowest BCUT2D eigenvalue weighted by Gasteiger charge is -2.12. The standard InChI is InChI=1S/C23H21ClN2O6S/c1-3-31-21(28)12-26-22(29)19(33-23(26)30)11-15-10-16(24)7-8-18(15)32-13-20(27)25-17-6-4-5-14(2)9-17/h4-11H,3,12-13H2,1-2H3,(H,25,27)/b19-11-. The van der Waals surface area contributed by atoms with E-state index in [2.05, 4.69) is 5.32 Å². The summed E-state index contributed by atoms with van der Waals surface area (Å²) in [5.41, 5.74) is 2.06. The number of nitrogens with zero attached hydrogens (tertiary/aromatic N) is 1. The van der Waals surface area contributed by atoms with Crippen LogP contribution in [-0.4, -0.2) is 47.7 Å². The molecule has 1 aliphatic rings. The number of hydrogen-bond acceptors (Lipinski definition) is 7. The minimum absolute atomic E-state index is 0.0978. The zero-order valence-electron chi connectivity index (χ0n) is 17.9. The molecule has 3 amide bonds. The fourth-order valence-electron chi connectivity index (χ4n) is 2.94. The molecule has 0 aromatic heterocycles. The number of carbonyl (C=O) groups excluding carboxylic acids is 4. The molecule has 0 radical (unpaired) electrons. The van der Waals surface area contributed by atoms with Gasteiger partial charge in [0, 0.05) is 16.3 Å². The lowest BCUT2D eigenvalue weighted by atomic mass is 10.2. The van der Waals surface area contributed by atoms with Gasteiger partial charge in [0.05, 0.1) is 11.5 Å². The molecule has 10 heteroatoms. The van der Waals surface area contributed by atoms with Crippen LogP contribution in [0, 0.1) is 6.92 Å². The van der Waals surface area contributed by atoms with Gasteiger partial charge in [0.2, 0.25) is 0 Å². The van der Waals surface area contributed by atoms with Gasteiger partial charge in [-0.3, -0.25) is 24.1 Å². The summed E-state index contributed by atoms with van der Waals surface area (Å²) in [6.45, 7) is 2.95. The van der Waals surface area contributed by atoms with Gasteiger partial charge in [0.25, 0.3) is 17.1 Å². The SMILES string of the molecule is CCOC(=O)CN1C(=O)S/C(=C\c2cc(Cl)ccc2OCC(=O)Nc2cccc(C)c2)C1=O. The lowest BCUT2D eigenvalue weighted by Crippen LogP contribution is -2.34. The van der Waals surface area contributed by atoms with Crippen LogP contribution in [0.5, 0.6) is 5.75 Å². The summed E-state index contributed by atoms with van der Waals surface area (Å²) < 4.78 is 10.4. The molecule has 0 unspecified atom stereocenters. The van der Waals surface area contributed by atoms with Crippen molar-refractivity contribution in [3.63, 3.8) is 0 Å². The Morgan fingerprint density at radius 3 is 2.70 bits per heavy atom. The van der Waals surface area contributed by atoms with Crippen molar-refractivity contribution < 1.29 is 28.7 Å². The van der Waals surface area contributed by atoms with Gasteiger partial charge in [0.1, 0.15) is 12.3 Å². The Labute approximate surface area is 199 Å². The van der Waals surface area contributed by atoms with Gasteiger partial charge in [-0.25, -0.2) is 0 Å². The number of ether oxygens (including phenoxy) is 2. The molecule has 0 bridgehead atoms. The van der Waals surface area contributed by atoms with Crippen LogP contribution in [0.4, 0.5) is 10.5 Å². The predicted molar refractivity (Wildman–Crippen MR) is 126 cm³/mol. The van der Waals surface area contributed by atoms with E-state index in [-0.39, 0.29) is 24.0 Å². The molecule has 1 heterocycles. The molecule has 2 aromatic rings. The number of nitrogens with one attached hydrogen (secondary N) is 1.